The lowest BCUT2D eigenvalue weighted by atomic mass is 10.2. The molecule has 22 heavy (non-hydrogen) atoms. The first kappa shape index (κ1) is 14.8. The number of non-ortho nitro benzene ring substituents is 1. The lowest BCUT2D eigenvalue weighted by Crippen LogP contribution is -2.12. The summed E-state index contributed by atoms with van der Waals surface area (Å²) in [6, 6.07) is 4.24. The molecule has 0 aliphatic heterocycles. The molecule has 0 amide bonds. The van der Waals surface area contributed by atoms with Crippen molar-refractivity contribution in [2.24, 2.45) is 0 Å². The van der Waals surface area contributed by atoms with E-state index < -0.39 is 39.7 Å². The Hall–Kier alpha value is -3.56. The number of nitrogens with zero attached hydrogens (tertiary/aromatic N) is 2. The van der Waals surface area contributed by atoms with E-state index in [1.807, 2.05) is 0 Å². The van der Waals surface area contributed by atoms with Gasteiger partial charge in [-0.3, -0.25) is 14.7 Å². The molecule has 0 saturated heterocycles. The summed E-state index contributed by atoms with van der Waals surface area (Å²) in [5.74, 6) is -5.58. The minimum atomic E-state index is -1.68. The number of benzene rings is 1. The number of aromatic nitrogens is 1. The fourth-order valence-electron chi connectivity index (χ4n) is 1.92. The van der Waals surface area contributed by atoms with Gasteiger partial charge >= 0.3 is 11.9 Å². The second-order valence-corrected chi connectivity index (χ2v) is 4.11. The standard InChI is InChI=1S/C12H8N2O8/c15-9-7(11(17)18)13(8(10(9)16)12(19)20)5-1-3-6(4-2-5)14(21)22/h1-4,15-16H,(H,17,18)(H,19,20). The summed E-state index contributed by atoms with van der Waals surface area (Å²) >= 11 is 0. The molecule has 0 fully saturated rings. The van der Waals surface area contributed by atoms with Gasteiger partial charge in [-0.1, -0.05) is 0 Å². The molecular formula is C12H8N2O8. The highest BCUT2D eigenvalue weighted by Gasteiger charge is 2.31. The molecule has 1 heterocycles. The van der Waals surface area contributed by atoms with Crippen molar-refractivity contribution in [1.29, 1.82) is 0 Å². The number of carboxylic acids is 2. The Kier molecular flexibility index (Phi) is 3.43. The highest BCUT2D eigenvalue weighted by molar-refractivity contribution is 5.99. The third-order valence-corrected chi connectivity index (χ3v) is 2.84. The van der Waals surface area contributed by atoms with Crippen LogP contribution in [-0.2, 0) is 0 Å². The zero-order chi connectivity index (χ0) is 16.6. The summed E-state index contributed by atoms with van der Waals surface area (Å²) in [4.78, 5) is 32.3. The number of aromatic carboxylic acids is 2. The highest BCUT2D eigenvalue weighted by atomic mass is 16.6. The van der Waals surface area contributed by atoms with Crippen molar-refractivity contribution in [2.75, 3.05) is 0 Å². The van der Waals surface area contributed by atoms with Crippen LogP contribution in [0.15, 0.2) is 24.3 Å². The van der Waals surface area contributed by atoms with Crippen LogP contribution in [0.4, 0.5) is 5.69 Å². The van der Waals surface area contributed by atoms with Gasteiger partial charge in [-0.05, 0) is 12.1 Å². The number of hydrogen-bond acceptors (Lipinski definition) is 6. The van der Waals surface area contributed by atoms with Gasteiger partial charge in [0.25, 0.3) is 5.69 Å². The van der Waals surface area contributed by atoms with Crippen molar-refractivity contribution in [3.63, 3.8) is 0 Å². The smallest absolute Gasteiger partial charge is 0.356 e. The molecule has 114 valence electrons. The van der Waals surface area contributed by atoms with E-state index in [4.69, 9.17) is 10.2 Å². The molecule has 0 radical (unpaired) electrons. The zero-order valence-corrected chi connectivity index (χ0v) is 10.6. The molecule has 0 bridgehead atoms. The second-order valence-electron chi connectivity index (χ2n) is 4.11. The van der Waals surface area contributed by atoms with Crippen LogP contribution in [0.25, 0.3) is 5.69 Å². The molecule has 1 aromatic heterocycles. The van der Waals surface area contributed by atoms with E-state index in [-0.39, 0.29) is 11.4 Å². The van der Waals surface area contributed by atoms with Crippen LogP contribution in [0.1, 0.15) is 21.0 Å². The van der Waals surface area contributed by atoms with Gasteiger partial charge in [-0.2, -0.15) is 0 Å². The lowest BCUT2D eigenvalue weighted by Gasteiger charge is -2.08. The molecule has 4 N–H and O–H groups in total. The number of hydrogen-bond donors (Lipinski definition) is 4. The van der Waals surface area contributed by atoms with E-state index in [0.29, 0.717) is 4.57 Å². The van der Waals surface area contributed by atoms with Gasteiger partial charge in [0.1, 0.15) is 0 Å². The average molecular weight is 308 g/mol. The first-order chi connectivity index (χ1) is 10.3. The minimum absolute atomic E-state index is 0.0870. The fraction of sp³-hybridized carbons (Fsp3) is 0. The van der Waals surface area contributed by atoms with Crippen molar-refractivity contribution >= 4 is 17.6 Å². The zero-order valence-electron chi connectivity index (χ0n) is 10.6. The van der Waals surface area contributed by atoms with E-state index >= 15 is 0 Å². The third kappa shape index (κ3) is 2.18. The molecule has 0 unspecified atom stereocenters. The van der Waals surface area contributed by atoms with Gasteiger partial charge < -0.3 is 20.4 Å². The van der Waals surface area contributed by atoms with Crippen LogP contribution in [0, 0.1) is 10.1 Å². The number of carbonyl (C=O) groups is 2. The average Bonchev–Trinajstić information content (AvgIpc) is 2.71. The first-order valence-electron chi connectivity index (χ1n) is 5.63. The molecule has 0 spiro atoms. The Balaban J connectivity index is 2.77. The van der Waals surface area contributed by atoms with Gasteiger partial charge in [0.05, 0.1) is 4.92 Å². The van der Waals surface area contributed by atoms with E-state index in [1.54, 1.807) is 0 Å². The molecular weight excluding hydrogens is 300 g/mol. The van der Waals surface area contributed by atoms with E-state index in [9.17, 15) is 29.9 Å². The number of rotatable bonds is 4. The van der Waals surface area contributed by atoms with Crippen molar-refractivity contribution < 1.29 is 34.9 Å². The largest absolute Gasteiger partial charge is 0.503 e. The van der Waals surface area contributed by atoms with Crippen LogP contribution in [-0.4, -0.2) is 41.9 Å². The Morgan fingerprint density at radius 1 is 0.955 bits per heavy atom. The predicted octanol–water partition coefficient (Wildman–Crippen LogP) is 1.19. The number of carboxylic acid groups (broad SMARTS) is 2. The summed E-state index contributed by atoms with van der Waals surface area (Å²) < 4.78 is 0.582. The van der Waals surface area contributed by atoms with Crippen LogP contribution in [0.2, 0.25) is 0 Å². The van der Waals surface area contributed by atoms with Crippen LogP contribution < -0.4 is 0 Å². The van der Waals surface area contributed by atoms with Gasteiger partial charge in [0.15, 0.2) is 22.9 Å². The van der Waals surface area contributed by atoms with Crippen molar-refractivity contribution in [2.45, 2.75) is 0 Å². The SMILES string of the molecule is O=C(O)c1c(O)c(O)c(C(=O)O)n1-c1ccc([N+](=O)[O-])cc1. The Morgan fingerprint density at radius 2 is 1.36 bits per heavy atom. The van der Waals surface area contributed by atoms with E-state index in [1.165, 1.54) is 0 Å². The van der Waals surface area contributed by atoms with Crippen molar-refractivity contribution in [1.82, 2.24) is 4.57 Å². The van der Waals surface area contributed by atoms with Gasteiger partial charge in [-0.15, -0.1) is 0 Å². The normalized spacial score (nSPS) is 10.4. The van der Waals surface area contributed by atoms with Crippen LogP contribution in [0.5, 0.6) is 11.5 Å². The second kappa shape index (κ2) is 5.09. The predicted molar refractivity (Wildman–Crippen MR) is 69.7 cm³/mol. The third-order valence-electron chi connectivity index (χ3n) is 2.84. The number of nitro groups is 1. The summed E-state index contributed by atoms with van der Waals surface area (Å²) in [5, 5.41) is 47.9. The highest BCUT2D eigenvalue weighted by Crippen LogP contribution is 2.38. The van der Waals surface area contributed by atoms with Gasteiger partial charge in [0.2, 0.25) is 0 Å². The minimum Gasteiger partial charge on any atom is -0.503 e. The number of aromatic hydroxyl groups is 2. The fourth-order valence-corrected chi connectivity index (χ4v) is 1.92. The Morgan fingerprint density at radius 3 is 1.68 bits per heavy atom. The topological polar surface area (TPSA) is 163 Å². The van der Waals surface area contributed by atoms with E-state index in [2.05, 4.69) is 0 Å². The quantitative estimate of drug-likeness (QED) is 0.483. The summed E-state index contributed by atoms with van der Waals surface area (Å²) in [5.41, 5.74) is -2.12. The molecule has 0 saturated carbocycles. The maximum absolute atomic E-state index is 11.2. The maximum Gasteiger partial charge on any atom is 0.356 e. The van der Waals surface area contributed by atoms with Crippen molar-refractivity contribution in [3.8, 4) is 17.2 Å². The van der Waals surface area contributed by atoms with E-state index in [0.717, 1.165) is 24.3 Å². The summed E-state index contributed by atoms with van der Waals surface area (Å²) in [6.45, 7) is 0. The monoisotopic (exact) mass is 308 g/mol. The molecule has 2 rings (SSSR count). The summed E-state index contributed by atoms with van der Waals surface area (Å²) in [7, 11) is 0. The van der Waals surface area contributed by atoms with Crippen LogP contribution in [0.3, 0.4) is 0 Å². The Labute approximate surface area is 121 Å². The lowest BCUT2D eigenvalue weighted by molar-refractivity contribution is -0.384. The van der Waals surface area contributed by atoms with Crippen LogP contribution >= 0.6 is 0 Å². The maximum atomic E-state index is 11.2. The van der Waals surface area contributed by atoms with Crippen molar-refractivity contribution in [3.05, 3.63) is 45.8 Å². The molecule has 10 heteroatoms. The molecule has 2 aromatic rings. The molecule has 10 nitrogen and oxygen atoms in total. The Bertz CT molecular complexity index is 753. The number of nitro benzene ring substituents is 1. The molecule has 1 aromatic carbocycles. The molecule has 0 aliphatic rings. The van der Waals surface area contributed by atoms with Gasteiger partial charge in [-0.25, -0.2) is 9.59 Å². The first-order valence-corrected chi connectivity index (χ1v) is 5.63. The molecule has 0 aliphatic carbocycles. The van der Waals surface area contributed by atoms with Gasteiger partial charge in [0, 0.05) is 17.8 Å². The molecule has 0 atom stereocenters. The summed E-state index contributed by atoms with van der Waals surface area (Å²) in [6.07, 6.45) is 0.